The Hall–Kier alpha value is -2.95. The van der Waals surface area contributed by atoms with Gasteiger partial charge in [-0.15, -0.1) is 0 Å². The molecule has 1 aliphatic carbocycles. The molecule has 0 radical (unpaired) electrons. The maximum absolute atomic E-state index is 14.3. The summed E-state index contributed by atoms with van der Waals surface area (Å²) < 4.78 is 6.43. The fraction of sp³-hybridized carbons (Fsp3) is 0.645. The van der Waals surface area contributed by atoms with Crippen LogP contribution >= 0.6 is 0 Å². The number of fused-ring (bicyclic) bond motifs is 5. The molecular formula is C31H42N5O5+. The number of H-pyrrole nitrogens is 1. The number of piperazine rings is 1. The predicted molar refractivity (Wildman–Crippen MR) is 150 cm³/mol. The maximum Gasteiger partial charge on any atom is 0.281 e. The van der Waals surface area contributed by atoms with E-state index in [0.29, 0.717) is 32.0 Å². The highest BCUT2D eigenvalue weighted by Crippen LogP contribution is 2.48. The number of aromatic amines is 1. The number of likely N-dealkylation sites (tertiary alicyclic amines) is 1. The Morgan fingerprint density at radius 2 is 2.02 bits per heavy atom. The highest BCUT2D eigenvalue weighted by Gasteiger charge is 2.72. The standard InChI is InChI=1S/C31H41N5O5/c1-16(2)26-28(38)35-11-7-10-24(35)31(40)36(26)29(39)30(41-31,17(3)4)33-27(37)19-12-21-20-8-6-9-22-25(20)18(14-32-22)13-23(21)34(5)15-19/h6,8-9,14,16-17,19,21,23-24,26,32,40H,7,10-13,15H2,1-5H3,(H,33,37)/p+1/t19?,21?,23?,24?,26?,30-,31+/m1/s1. The van der Waals surface area contributed by atoms with Crippen LogP contribution in [0.3, 0.4) is 0 Å². The number of benzene rings is 1. The Labute approximate surface area is 240 Å². The van der Waals surface area contributed by atoms with E-state index in [9.17, 15) is 19.5 Å². The number of nitrogens with one attached hydrogen (secondary N) is 3. The number of carbonyl (C=O) groups is 3. The summed E-state index contributed by atoms with van der Waals surface area (Å²) in [5.74, 6) is -3.75. The van der Waals surface area contributed by atoms with Gasteiger partial charge in [0.1, 0.15) is 12.1 Å². The van der Waals surface area contributed by atoms with Crippen LogP contribution in [0.5, 0.6) is 0 Å². The van der Waals surface area contributed by atoms with E-state index in [2.05, 4.69) is 41.7 Å². The van der Waals surface area contributed by atoms with Crippen LogP contribution in [0, 0.1) is 17.8 Å². The van der Waals surface area contributed by atoms with Gasteiger partial charge in [-0.05, 0) is 42.4 Å². The number of aliphatic hydroxyl groups is 1. The number of hydrogen-bond donors (Lipinski definition) is 4. The second-order valence-corrected chi connectivity index (χ2v) is 13.7. The van der Waals surface area contributed by atoms with Crippen LogP contribution in [-0.2, 0) is 25.5 Å². The van der Waals surface area contributed by atoms with Gasteiger partial charge in [-0.25, -0.2) is 0 Å². The SMILES string of the molecule is CC(C)C1C(=O)N2CCCC2[C@]2(O)O[C@](NC(=O)C3CC4c5cccc6[nH]cc(c56)CC4[NH+](C)C3)(C(C)C)C(=O)N12. The van der Waals surface area contributed by atoms with Crippen LogP contribution in [0.1, 0.15) is 64.0 Å². The molecule has 1 aromatic heterocycles. The molecule has 0 spiro atoms. The van der Waals surface area contributed by atoms with Crippen molar-refractivity contribution in [1.29, 1.82) is 0 Å². The fourth-order valence-electron chi connectivity index (χ4n) is 8.66. The lowest BCUT2D eigenvalue weighted by Gasteiger charge is -2.49. The molecule has 1 aromatic carbocycles. The number of amides is 3. The van der Waals surface area contributed by atoms with Crippen LogP contribution in [0.4, 0.5) is 0 Å². The number of hydrogen-bond acceptors (Lipinski definition) is 5. The third-order valence-electron chi connectivity index (χ3n) is 10.7. The van der Waals surface area contributed by atoms with Gasteiger partial charge in [0.25, 0.3) is 11.8 Å². The van der Waals surface area contributed by atoms with Crippen LogP contribution in [0.15, 0.2) is 24.4 Å². The van der Waals surface area contributed by atoms with Crippen molar-refractivity contribution >= 4 is 28.6 Å². The molecule has 10 nitrogen and oxygen atoms in total. The molecular weight excluding hydrogens is 522 g/mol. The summed E-state index contributed by atoms with van der Waals surface area (Å²) in [6.45, 7) is 8.56. The molecule has 7 rings (SSSR count). The van der Waals surface area contributed by atoms with Crippen molar-refractivity contribution in [2.24, 2.45) is 17.8 Å². The first-order valence-corrected chi connectivity index (χ1v) is 15.3. The van der Waals surface area contributed by atoms with Gasteiger partial charge < -0.3 is 25.2 Å². The smallest absolute Gasteiger partial charge is 0.281 e. The van der Waals surface area contributed by atoms with Gasteiger partial charge in [0, 0.05) is 41.9 Å². The van der Waals surface area contributed by atoms with E-state index in [0.717, 1.165) is 18.4 Å². The summed E-state index contributed by atoms with van der Waals surface area (Å²) in [7, 11) is 2.15. The number of nitrogens with zero attached hydrogens (tertiary/aromatic N) is 2. The van der Waals surface area contributed by atoms with Gasteiger partial charge in [-0.3, -0.25) is 24.0 Å². The fourth-order valence-corrected chi connectivity index (χ4v) is 8.66. The van der Waals surface area contributed by atoms with Crippen molar-refractivity contribution in [2.75, 3.05) is 20.1 Å². The van der Waals surface area contributed by atoms with E-state index in [4.69, 9.17) is 4.74 Å². The van der Waals surface area contributed by atoms with Gasteiger partial charge >= 0.3 is 0 Å². The highest BCUT2D eigenvalue weighted by atomic mass is 16.7. The largest absolute Gasteiger partial charge is 0.361 e. The zero-order valence-corrected chi connectivity index (χ0v) is 24.6. The summed E-state index contributed by atoms with van der Waals surface area (Å²) in [6.07, 6.45) is 5.02. The van der Waals surface area contributed by atoms with Gasteiger partial charge in [-0.2, -0.15) is 0 Å². The van der Waals surface area contributed by atoms with E-state index in [1.165, 1.54) is 26.3 Å². The molecule has 2 aromatic rings. The number of aromatic nitrogens is 1. The second kappa shape index (κ2) is 9.02. The number of quaternary nitrogens is 1. The Morgan fingerprint density at radius 1 is 1.24 bits per heavy atom. The molecule has 4 N–H and O–H groups in total. The van der Waals surface area contributed by atoms with Crippen molar-refractivity contribution in [3.63, 3.8) is 0 Å². The minimum atomic E-state index is -1.99. The molecule has 4 aliphatic heterocycles. The van der Waals surface area contributed by atoms with Crippen LogP contribution in [0.25, 0.3) is 10.9 Å². The highest BCUT2D eigenvalue weighted by molar-refractivity contribution is 5.97. The van der Waals surface area contributed by atoms with Gasteiger partial charge in [-0.1, -0.05) is 39.8 Å². The van der Waals surface area contributed by atoms with Gasteiger partial charge in [0.2, 0.25) is 17.5 Å². The van der Waals surface area contributed by atoms with Gasteiger partial charge in [0.05, 0.1) is 25.6 Å². The topological polar surface area (TPSA) is 119 Å². The lowest BCUT2D eigenvalue weighted by molar-refractivity contribution is -0.915. The Balaban J connectivity index is 1.21. The molecule has 0 saturated carbocycles. The quantitative estimate of drug-likeness (QED) is 0.436. The molecule has 6 unspecified atom stereocenters. The van der Waals surface area contributed by atoms with E-state index >= 15 is 0 Å². The molecule has 3 amide bonds. The lowest BCUT2D eigenvalue weighted by Crippen LogP contribution is -3.16. The minimum Gasteiger partial charge on any atom is -0.361 e. The van der Waals surface area contributed by atoms with Gasteiger partial charge in [0.15, 0.2) is 0 Å². The van der Waals surface area contributed by atoms with Crippen molar-refractivity contribution in [2.45, 2.75) is 89.1 Å². The van der Waals surface area contributed by atoms with Crippen LogP contribution in [-0.4, -0.2) is 87.5 Å². The monoisotopic (exact) mass is 564 g/mol. The predicted octanol–water partition coefficient (Wildman–Crippen LogP) is 0.713. The third kappa shape index (κ3) is 3.56. The summed E-state index contributed by atoms with van der Waals surface area (Å²) in [5, 5.41) is 16.4. The minimum absolute atomic E-state index is 0.158. The summed E-state index contributed by atoms with van der Waals surface area (Å²) in [6, 6.07) is 5.22. The van der Waals surface area contributed by atoms with E-state index in [-0.39, 0.29) is 29.6 Å². The molecule has 220 valence electrons. The zero-order valence-electron chi connectivity index (χ0n) is 24.6. The molecule has 8 atom stereocenters. The number of rotatable bonds is 4. The average Bonchev–Trinajstić information content (AvgIpc) is 3.64. The first-order chi connectivity index (χ1) is 19.5. The summed E-state index contributed by atoms with van der Waals surface area (Å²) in [4.78, 5) is 49.6. The normalized spacial score (nSPS) is 38.0. The van der Waals surface area contributed by atoms with E-state index in [1.54, 1.807) is 4.90 Å². The third-order valence-corrected chi connectivity index (χ3v) is 10.7. The van der Waals surface area contributed by atoms with Crippen molar-refractivity contribution in [3.05, 3.63) is 35.5 Å². The number of ether oxygens (including phenoxy) is 1. The van der Waals surface area contributed by atoms with Crippen molar-refractivity contribution < 1.29 is 29.1 Å². The second-order valence-electron chi connectivity index (χ2n) is 13.7. The van der Waals surface area contributed by atoms with Crippen molar-refractivity contribution in [1.82, 2.24) is 20.1 Å². The molecule has 5 heterocycles. The Morgan fingerprint density at radius 3 is 2.76 bits per heavy atom. The molecule has 10 heteroatoms. The number of piperidine rings is 1. The van der Waals surface area contributed by atoms with Crippen molar-refractivity contribution in [3.8, 4) is 0 Å². The lowest BCUT2D eigenvalue weighted by atomic mass is 9.72. The molecule has 5 aliphatic rings. The Bertz CT molecular complexity index is 1440. The van der Waals surface area contributed by atoms with Crippen LogP contribution < -0.4 is 10.2 Å². The Kier molecular flexibility index (Phi) is 5.92. The number of likely N-dealkylation sites (N-methyl/N-ethyl adjacent to an activating group) is 1. The molecule has 0 bridgehead atoms. The molecule has 41 heavy (non-hydrogen) atoms. The summed E-state index contributed by atoms with van der Waals surface area (Å²) >= 11 is 0. The first-order valence-electron chi connectivity index (χ1n) is 15.3. The molecule has 4 fully saturated rings. The average molecular weight is 565 g/mol. The zero-order chi connectivity index (χ0) is 29.0. The molecule has 4 saturated heterocycles. The summed E-state index contributed by atoms with van der Waals surface area (Å²) in [5.41, 5.74) is 1.99. The van der Waals surface area contributed by atoms with Crippen LogP contribution in [0.2, 0.25) is 0 Å². The number of carbonyl (C=O) groups excluding carboxylic acids is 3. The van der Waals surface area contributed by atoms with E-state index < -0.39 is 35.5 Å². The maximum atomic E-state index is 14.3. The van der Waals surface area contributed by atoms with E-state index in [1.807, 2.05) is 27.7 Å². The first kappa shape index (κ1) is 26.9.